The van der Waals surface area contributed by atoms with Crippen LogP contribution in [0, 0.1) is 0 Å². The van der Waals surface area contributed by atoms with E-state index in [9.17, 15) is 28.1 Å². The summed E-state index contributed by atoms with van der Waals surface area (Å²) in [6.07, 6.45) is 15.1. The highest BCUT2D eigenvalue weighted by Crippen LogP contribution is 2.50. The largest absolute Gasteiger partial charge is 0.384 e. The first kappa shape index (κ1) is 43.1. The van der Waals surface area contributed by atoms with Gasteiger partial charge in [-0.15, -0.1) is 0 Å². The summed E-state index contributed by atoms with van der Waals surface area (Å²) in [6.45, 7) is 4.74. The molecule has 1 aliphatic heterocycles. The van der Waals surface area contributed by atoms with Gasteiger partial charge in [-0.2, -0.15) is 25.5 Å². The van der Waals surface area contributed by atoms with Crippen molar-refractivity contribution in [2.75, 3.05) is 36.6 Å². The fraction of sp³-hybridized carbons (Fsp3) is 0.882. The molecule has 1 aliphatic rings. The molecule has 2 rings (SSSR count). The number of nitrogen functional groups attached to an aromatic ring is 1. The van der Waals surface area contributed by atoms with E-state index in [1.807, 2.05) is 0 Å². The molecule has 0 spiro atoms. The van der Waals surface area contributed by atoms with Crippen LogP contribution in [0.1, 0.15) is 136 Å². The smallest absolute Gasteiger partial charge is 0.351 e. The van der Waals surface area contributed by atoms with Gasteiger partial charge in [-0.1, -0.05) is 117 Å². The lowest BCUT2D eigenvalue weighted by Crippen LogP contribution is -2.41. The predicted octanol–water partition coefficient (Wildman–Crippen LogP) is 8.10. The number of aliphatic hydroxyl groups is 1. The highest BCUT2D eigenvalue weighted by Gasteiger charge is 2.60. The number of aliphatic hydroxyl groups excluding tert-OH is 1. The van der Waals surface area contributed by atoms with Crippen LogP contribution >= 0.6 is 19.4 Å². The number of anilines is 1. The first-order chi connectivity index (χ1) is 23.0. The summed E-state index contributed by atoms with van der Waals surface area (Å²) < 4.78 is 60.1. The monoisotopic (exact) mass is 725 g/mol. The molecule has 1 saturated heterocycles. The van der Waals surface area contributed by atoms with Crippen molar-refractivity contribution >= 4 is 25.2 Å². The van der Waals surface area contributed by atoms with Crippen molar-refractivity contribution in [2.24, 2.45) is 0 Å². The molecular weight excluding hydrogens is 663 g/mol. The molecule has 0 aliphatic carbocycles. The number of halogens is 2. The highest BCUT2D eigenvalue weighted by molar-refractivity contribution is 7.99. The zero-order chi connectivity index (χ0) is 35.3. The van der Waals surface area contributed by atoms with Gasteiger partial charge in [0.05, 0.1) is 18.9 Å². The number of unbranched alkanes of at least 4 members (excludes halogenated alkanes) is 16. The summed E-state index contributed by atoms with van der Waals surface area (Å²) in [5.74, 6) is -2.57. The van der Waals surface area contributed by atoms with Gasteiger partial charge >= 0.3 is 19.2 Å². The second-order valence-corrected chi connectivity index (χ2v) is 16.1. The highest BCUT2D eigenvalue weighted by atomic mass is 32.2. The molecule has 1 aromatic heterocycles. The van der Waals surface area contributed by atoms with E-state index < -0.39 is 49.9 Å². The van der Waals surface area contributed by atoms with Crippen molar-refractivity contribution in [2.45, 2.75) is 160 Å². The van der Waals surface area contributed by atoms with Gasteiger partial charge in [-0.25, -0.2) is 4.79 Å². The number of nitrogens with two attached hydrogens (primary N) is 1. The molecule has 10 nitrogen and oxygen atoms in total. The quantitative estimate of drug-likeness (QED) is 0.0547. The van der Waals surface area contributed by atoms with E-state index in [0.717, 1.165) is 43.7 Å². The van der Waals surface area contributed by atoms with Crippen molar-refractivity contribution in [1.82, 2.24) is 9.55 Å². The van der Waals surface area contributed by atoms with Crippen LogP contribution in [0.2, 0.25) is 0 Å². The van der Waals surface area contributed by atoms with Gasteiger partial charge in [0.2, 0.25) is 6.23 Å². The number of aromatic nitrogens is 2. The lowest BCUT2D eigenvalue weighted by atomic mass is 10.1. The van der Waals surface area contributed by atoms with Crippen molar-refractivity contribution in [1.29, 1.82) is 0 Å². The summed E-state index contributed by atoms with van der Waals surface area (Å²) in [5, 5.41) is 10.3. The standard InChI is InChI=1S/C34H62F2N3O7PS/c1-3-5-7-9-11-13-14-16-18-20-24-48-27-28(44-23-19-17-15-12-10-8-6-4-2)25-45-47(42,43)26-29-31(40)34(35,36)32(46-29)39-22-21-30(37)38-33(39)41/h21-22,28-29,31-32,40H,3-20,23-27H2,1-2H3,(H,42,43)(H2,37,38,41). The minimum Gasteiger partial charge on any atom is -0.384 e. The van der Waals surface area contributed by atoms with Crippen LogP contribution in [0.5, 0.6) is 0 Å². The maximum Gasteiger partial charge on any atom is 0.351 e. The molecule has 0 bridgehead atoms. The van der Waals surface area contributed by atoms with Crippen LogP contribution in [0.4, 0.5) is 14.6 Å². The van der Waals surface area contributed by atoms with Gasteiger partial charge in [0.25, 0.3) is 0 Å². The number of ether oxygens (including phenoxy) is 2. The molecule has 14 heteroatoms. The Morgan fingerprint density at radius 2 is 1.52 bits per heavy atom. The normalized spacial score (nSPS) is 21.0. The van der Waals surface area contributed by atoms with Crippen molar-refractivity contribution in [3.8, 4) is 0 Å². The number of alkyl halides is 2. The fourth-order valence-corrected chi connectivity index (χ4v) is 8.01. The molecule has 1 aromatic rings. The SMILES string of the molecule is CCCCCCCCCCCCSCC(COP(=O)(O)CC1OC(n2ccc(N)nc2=O)C(F)(F)C1O)OCCCCCCCCCC. The number of nitrogens with zero attached hydrogens (tertiary/aromatic N) is 2. The van der Waals surface area contributed by atoms with Crippen molar-refractivity contribution < 1.29 is 37.3 Å². The van der Waals surface area contributed by atoms with Crippen LogP contribution in [0.25, 0.3) is 0 Å². The Morgan fingerprint density at radius 3 is 2.08 bits per heavy atom. The van der Waals surface area contributed by atoms with Gasteiger partial charge in [0.1, 0.15) is 18.0 Å². The molecule has 4 N–H and O–H groups in total. The maximum atomic E-state index is 14.9. The third-order valence-corrected chi connectivity index (χ3v) is 11.2. The second kappa shape index (κ2) is 24.2. The third-order valence-electron chi connectivity index (χ3n) is 8.65. The fourth-order valence-electron chi connectivity index (χ4n) is 5.74. The Kier molecular flexibility index (Phi) is 21.7. The molecule has 0 radical (unpaired) electrons. The van der Waals surface area contributed by atoms with Crippen LogP contribution in [0.3, 0.4) is 0 Å². The molecule has 0 aromatic carbocycles. The molecule has 0 saturated carbocycles. The average molecular weight is 726 g/mol. The van der Waals surface area contributed by atoms with Gasteiger partial charge in [0, 0.05) is 18.6 Å². The van der Waals surface area contributed by atoms with E-state index in [1.54, 1.807) is 11.8 Å². The number of rotatable bonds is 29. The molecule has 0 amide bonds. The molecule has 5 unspecified atom stereocenters. The molecule has 5 atom stereocenters. The van der Waals surface area contributed by atoms with E-state index in [1.165, 1.54) is 89.9 Å². The van der Waals surface area contributed by atoms with E-state index in [-0.39, 0.29) is 12.4 Å². The van der Waals surface area contributed by atoms with Crippen LogP contribution in [-0.2, 0) is 18.6 Å². The lowest BCUT2D eigenvalue weighted by Gasteiger charge is -2.22. The van der Waals surface area contributed by atoms with E-state index in [2.05, 4.69) is 18.8 Å². The van der Waals surface area contributed by atoms with Crippen molar-refractivity contribution in [3.63, 3.8) is 0 Å². The van der Waals surface area contributed by atoms with Gasteiger partial charge < -0.3 is 29.7 Å². The van der Waals surface area contributed by atoms with E-state index >= 15 is 0 Å². The summed E-state index contributed by atoms with van der Waals surface area (Å²) in [5.41, 5.74) is 4.35. The molecule has 1 fully saturated rings. The zero-order valence-corrected chi connectivity index (χ0v) is 31.0. The second-order valence-electron chi connectivity index (χ2n) is 13.0. The Morgan fingerprint density at radius 1 is 0.979 bits per heavy atom. The summed E-state index contributed by atoms with van der Waals surface area (Å²) in [6, 6.07) is 1.14. The number of hydrogen-bond acceptors (Lipinski definition) is 9. The summed E-state index contributed by atoms with van der Waals surface area (Å²) >= 11 is 1.71. The van der Waals surface area contributed by atoms with Gasteiger partial charge in [-0.05, 0) is 24.7 Å². The number of hydrogen-bond donors (Lipinski definition) is 3. The number of thioether (sulfide) groups is 1. The Labute approximate surface area is 290 Å². The third kappa shape index (κ3) is 16.8. The molecule has 2 heterocycles. The van der Waals surface area contributed by atoms with Crippen LogP contribution in [0.15, 0.2) is 17.1 Å². The summed E-state index contributed by atoms with van der Waals surface area (Å²) in [7, 11) is -4.49. The topological polar surface area (TPSA) is 146 Å². The first-order valence-electron chi connectivity index (χ1n) is 18.2. The van der Waals surface area contributed by atoms with Crippen LogP contribution < -0.4 is 11.4 Å². The Hall–Kier alpha value is -1.08. The molecule has 280 valence electrons. The van der Waals surface area contributed by atoms with Crippen LogP contribution in [-0.4, -0.2) is 74.7 Å². The van der Waals surface area contributed by atoms with E-state index in [4.69, 9.17) is 19.7 Å². The lowest BCUT2D eigenvalue weighted by molar-refractivity contribution is -0.140. The Balaban J connectivity index is 1.82. The minimum absolute atomic E-state index is 0.163. The average Bonchev–Trinajstić information content (AvgIpc) is 3.25. The zero-order valence-electron chi connectivity index (χ0n) is 29.2. The molecular formula is C34H62F2N3O7PS. The van der Waals surface area contributed by atoms with Gasteiger partial charge in [0.15, 0.2) is 0 Å². The molecule has 48 heavy (non-hydrogen) atoms. The Bertz CT molecular complexity index is 1100. The van der Waals surface area contributed by atoms with Gasteiger partial charge in [-0.3, -0.25) is 9.13 Å². The summed E-state index contributed by atoms with van der Waals surface area (Å²) in [4.78, 5) is 26.2. The van der Waals surface area contributed by atoms with Crippen molar-refractivity contribution in [3.05, 3.63) is 22.7 Å². The maximum absolute atomic E-state index is 14.9. The predicted molar refractivity (Wildman–Crippen MR) is 190 cm³/mol. The minimum atomic E-state index is -4.49. The first-order valence-corrected chi connectivity index (χ1v) is 21.1. The van der Waals surface area contributed by atoms with E-state index in [0.29, 0.717) is 16.9 Å².